The molecule has 0 spiro atoms. The topological polar surface area (TPSA) is 154 Å². The van der Waals surface area contributed by atoms with Gasteiger partial charge in [0.25, 0.3) is 5.91 Å². The van der Waals surface area contributed by atoms with Crippen molar-refractivity contribution >= 4 is 45.8 Å². The Hall–Kier alpha value is -3.10. The van der Waals surface area contributed by atoms with E-state index in [0.29, 0.717) is 17.2 Å². The minimum Gasteiger partial charge on any atom is -0.446 e. The van der Waals surface area contributed by atoms with Crippen molar-refractivity contribution in [1.29, 1.82) is 0 Å². The number of nitrogens with zero attached hydrogens (tertiary/aromatic N) is 2. The van der Waals surface area contributed by atoms with Crippen LogP contribution in [0.3, 0.4) is 0 Å². The van der Waals surface area contributed by atoms with E-state index in [2.05, 4.69) is 21.9 Å². The molecule has 0 bridgehead atoms. The number of alkyl carbamates (subject to hydrolysis) is 1. The van der Waals surface area contributed by atoms with Gasteiger partial charge in [-0.25, -0.2) is 13.2 Å². The number of benzene rings is 1. The fourth-order valence-electron chi connectivity index (χ4n) is 6.02. The van der Waals surface area contributed by atoms with Gasteiger partial charge in [-0.05, 0) is 67.9 Å². The summed E-state index contributed by atoms with van der Waals surface area (Å²) in [7, 11) is -3.97. The van der Waals surface area contributed by atoms with E-state index in [-0.39, 0.29) is 36.9 Å². The summed E-state index contributed by atoms with van der Waals surface area (Å²) in [6, 6.07) is 6.28. The predicted molar refractivity (Wildman–Crippen MR) is 174 cm³/mol. The fraction of sp³-hybridized carbons (Fsp3) is 0.625. The number of carbonyl (C=O) groups excluding carboxylic acids is 4. The Balaban J connectivity index is 1.39. The van der Waals surface area contributed by atoms with Crippen LogP contribution in [-0.2, 0) is 34.9 Å². The molecule has 14 heteroatoms. The maximum atomic E-state index is 14.3. The van der Waals surface area contributed by atoms with Gasteiger partial charge in [0.15, 0.2) is 0 Å². The second-order valence-corrected chi connectivity index (χ2v) is 16.9. The van der Waals surface area contributed by atoms with Crippen LogP contribution in [0.4, 0.5) is 4.79 Å². The number of carbonyl (C=O) groups is 4. The molecule has 0 radical (unpaired) electrons. The van der Waals surface area contributed by atoms with Crippen molar-refractivity contribution in [2.75, 3.05) is 13.2 Å². The Morgan fingerprint density at radius 2 is 1.78 bits per heavy atom. The van der Waals surface area contributed by atoms with E-state index in [0.717, 1.165) is 42.8 Å². The first-order valence-electron chi connectivity index (χ1n) is 15.9. The van der Waals surface area contributed by atoms with E-state index in [1.807, 2.05) is 0 Å². The number of ether oxygens (including phenoxy) is 1. The van der Waals surface area contributed by atoms with Gasteiger partial charge < -0.3 is 20.3 Å². The van der Waals surface area contributed by atoms with E-state index in [9.17, 15) is 27.6 Å². The Bertz CT molecular complexity index is 1440. The highest BCUT2D eigenvalue weighted by atomic mass is 32.2. The molecule has 46 heavy (non-hydrogen) atoms. The molecular weight excluding hydrogens is 631 g/mol. The lowest BCUT2D eigenvalue weighted by molar-refractivity contribution is -0.142. The maximum Gasteiger partial charge on any atom is 0.408 e. The first kappa shape index (κ1) is 34.2. The molecular formula is C32H45N5O7S2. The van der Waals surface area contributed by atoms with Crippen molar-refractivity contribution in [2.45, 2.75) is 100 Å². The van der Waals surface area contributed by atoms with Gasteiger partial charge in [0.1, 0.15) is 23.7 Å². The van der Waals surface area contributed by atoms with E-state index in [1.165, 1.54) is 16.8 Å². The summed E-state index contributed by atoms with van der Waals surface area (Å²) in [6.07, 6.45) is 6.46. The molecule has 4 aliphatic rings. The van der Waals surface area contributed by atoms with Gasteiger partial charge in [-0.2, -0.15) is 4.31 Å². The first-order chi connectivity index (χ1) is 21.7. The first-order valence-corrected chi connectivity index (χ1v) is 18.4. The summed E-state index contributed by atoms with van der Waals surface area (Å²) >= 11 is 1.33. The van der Waals surface area contributed by atoms with Crippen molar-refractivity contribution < 1.29 is 32.3 Å². The van der Waals surface area contributed by atoms with Crippen LogP contribution in [0.15, 0.2) is 43.0 Å². The van der Waals surface area contributed by atoms with Crippen LogP contribution >= 0.6 is 11.9 Å². The zero-order chi connectivity index (χ0) is 33.3. The van der Waals surface area contributed by atoms with Gasteiger partial charge in [0, 0.05) is 17.7 Å². The molecule has 1 heterocycles. The monoisotopic (exact) mass is 675 g/mol. The van der Waals surface area contributed by atoms with Crippen molar-refractivity contribution in [3.8, 4) is 0 Å². The Kier molecular flexibility index (Phi) is 10.1. The molecule has 1 aromatic rings. The van der Waals surface area contributed by atoms with Crippen LogP contribution in [0.25, 0.3) is 0 Å². The highest BCUT2D eigenvalue weighted by Gasteiger charge is 2.61. The standard InChI is InChI=1S/C32H45N5O7S2/c1-5-22-17-32(22,29(40)35-45-24-15-16-24)34-27(38)25-18-36(46(42,43)19-21-11-7-6-8-12-21)20-37(25)28(39)26(31(2,3)4)33-30(41)44-23-13-9-10-14-23/h5-8,11-12,22-26H,1,9-10,13-20H2,2-4H3,(H,33,41)(H,34,38)(H,35,40)/t22-,25+,26-,32-/m1/s1. The van der Waals surface area contributed by atoms with Crippen molar-refractivity contribution in [3.05, 3.63) is 48.6 Å². The largest absolute Gasteiger partial charge is 0.446 e. The lowest BCUT2D eigenvalue weighted by Crippen LogP contribution is -2.60. The summed E-state index contributed by atoms with van der Waals surface area (Å²) in [5.41, 5.74) is -1.49. The second kappa shape index (κ2) is 13.6. The Labute approximate surface area is 275 Å². The number of amides is 4. The van der Waals surface area contributed by atoms with Gasteiger partial charge >= 0.3 is 6.09 Å². The van der Waals surface area contributed by atoms with Crippen LogP contribution in [0.5, 0.6) is 0 Å². The third-order valence-corrected chi connectivity index (χ3v) is 11.9. The SMILES string of the molecule is C=C[C@@H]1C[C@]1(NC(=O)[C@@H]1CN(S(=O)(=O)Cc2ccccc2)CN1C(=O)[C@@H](NC(=O)OC1CCCC1)C(C)(C)C)C(=O)NSC1CC1. The highest BCUT2D eigenvalue weighted by molar-refractivity contribution is 7.98. The number of hydrogen-bond donors (Lipinski definition) is 3. The molecule has 1 aromatic carbocycles. The third kappa shape index (κ3) is 7.88. The van der Waals surface area contributed by atoms with Gasteiger partial charge in [-0.1, -0.05) is 57.2 Å². The average molecular weight is 676 g/mol. The predicted octanol–water partition coefficient (Wildman–Crippen LogP) is 3.06. The molecule has 3 N–H and O–H groups in total. The van der Waals surface area contributed by atoms with E-state index < -0.39 is 51.0 Å². The molecule has 4 fully saturated rings. The van der Waals surface area contributed by atoms with Gasteiger partial charge in [0.2, 0.25) is 21.8 Å². The maximum absolute atomic E-state index is 14.3. The molecule has 4 amide bonds. The molecule has 4 atom stereocenters. The van der Waals surface area contributed by atoms with Crippen molar-refractivity contribution in [1.82, 2.24) is 24.6 Å². The zero-order valence-corrected chi connectivity index (χ0v) is 28.3. The quantitative estimate of drug-likeness (QED) is 0.226. The van der Waals surface area contributed by atoms with Crippen LogP contribution in [0, 0.1) is 11.3 Å². The van der Waals surface area contributed by atoms with Gasteiger partial charge in [0.05, 0.1) is 12.4 Å². The molecule has 0 unspecified atom stereocenters. The molecule has 5 rings (SSSR count). The minimum atomic E-state index is -3.97. The van der Waals surface area contributed by atoms with E-state index >= 15 is 0 Å². The Morgan fingerprint density at radius 3 is 2.37 bits per heavy atom. The summed E-state index contributed by atoms with van der Waals surface area (Å²) in [4.78, 5) is 55.7. The smallest absolute Gasteiger partial charge is 0.408 e. The molecule has 12 nitrogen and oxygen atoms in total. The summed E-state index contributed by atoms with van der Waals surface area (Å²) < 4.78 is 36.8. The molecule has 3 saturated carbocycles. The number of nitrogens with one attached hydrogen (secondary N) is 3. The highest BCUT2D eigenvalue weighted by Crippen LogP contribution is 2.46. The molecule has 3 aliphatic carbocycles. The van der Waals surface area contributed by atoms with Crippen LogP contribution in [0.2, 0.25) is 0 Å². The summed E-state index contributed by atoms with van der Waals surface area (Å²) in [5.74, 6) is -2.25. The minimum absolute atomic E-state index is 0.226. The number of rotatable bonds is 12. The van der Waals surface area contributed by atoms with Crippen molar-refractivity contribution in [3.63, 3.8) is 0 Å². The van der Waals surface area contributed by atoms with Crippen LogP contribution < -0.4 is 15.4 Å². The molecule has 1 aliphatic heterocycles. The lowest BCUT2D eigenvalue weighted by atomic mass is 9.85. The Morgan fingerprint density at radius 1 is 1.11 bits per heavy atom. The fourth-order valence-corrected chi connectivity index (χ4v) is 8.31. The average Bonchev–Trinajstić information content (AvgIpc) is 3.84. The second-order valence-electron chi connectivity index (χ2n) is 13.9. The summed E-state index contributed by atoms with van der Waals surface area (Å²) in [6.45, 7) is 8.44. The molecule has 1 saturated heterocycles. The van der Waals surface area contributed by atoms with Crippen LogP contribution in [-0.4, -0.2) is 83.6 Å². The normalized spacial score (nSPS) is 25.8. The van der Waals surface area contributed by atoms with Gasteiger partial charge in [-0.15, -0.1) is 6.58 Å². The number of sulfonamides is 1. The number of hydrogen-bond acceptors (Lipinski definition) is 8. The van der Waals surface area contributed by atoms with Crippen molar-refractivity contribution in [2.24, 2.45) is 11.3 Å². The van der Waals surface area contributed by atoms with Gasteiger partial charge in [-0.3, -0.25) is 19.1 Å². The van der Waals surface area contributed by atoms with Crippen LogP contribution in [0.1, 0.15) is 71.3 Å². The summed E-state index contributed by atoms with van der Waals surface area (Å²) in [5, 5.41) is 5.93. The zero-order valence-electron chi connectivity index (χ0n) is 26.7. The van der Waals surface area contributed by atoms with E-state index in [4.69, 9.17) is 4.74 Å². The molecule has 0 aromatic heterocycles. The third-order valence-electron chi connectivity index (χ3n) is 9.08. The molecule has 252 valence electrons. The van der Waals surface area contributed by atoms with E-state index in [1.54, 1.807) is 57.2 Å². The lowest BCUT2D eigenvalue weighted by Gasteiger charge is -2.35.